The summed E-state index contributed by atoms with van der Waals surface area (Å²) in [7, 11) is 1.54. The molecule has 2 aromatic carbocycles. The number of rotatable bonds is 6. The second-order valence-corrected chi connectivity index (χ2v) is 6.48. The Morgan fingerprint density at radius 2 is 1.84 bits per heavy atom. The number of carbonyl (C=O) groups is 1. The number of aromatic nitrogens is 2. The van der Waals surface area contributed by atoms with Crippen LogP contribution in [0.5, 0.6) is 5.75 Å². The molecule has 1 N–H and O–H groups in total. The number of hydrogen-bond acceptors (Lipinski definition) is 5. The summed E-state index contributed by atoms with van der Waals surface area (Å²) in [6.07, 6.45) is 0.916. The summed E-state index contributed by atoms with van der Waals surface area (Å²) in [6.45, 7) is 2.12. The maximum atomic E-state index is 12.5. The molecule has 3 rings (SSSR count). The van der Waals surface area contributed by atoms with Crippen LogP contribution in [0.1, 0.15) is 40.2 Å². The minimum absolute atomic E-state index is 0.176. The van der Waals surface area contributed by atoms with E-state index >= 15 is 0 Å². The normalized spacial score (nSPS) is 11.8. The van der Waals surface area contributed by atoms with E-state index in [2.05, 4.69) is 34.6 Å². The van der Waals surface area contributed by atoms with Gasteiger partial charge in [0, 0.05) is 5.92 Å². The average Bonchev–Trinajstić information content (AvgIpc) is 3.11. The van der Waals surface area contributed by atoms with Gasteiger partial charge in [0.15, 0.2) is 0 Å². The van der Waals surface area contributed by atoms with E-state index in [4.69, 9.17) is 4.74 Å². The fourth-order valence-corrected chi connectivity index (χ4v) is 3.61. The first-order valence-electron chi connectivity index (χ1n) is 8.05. The van der Waals surface area contributed by atoms with Crippen molar-refractivity contribution >= 4 is 22.4 Å². The number of carbonyl (C=O) groups excluding carboxylic acids is 1. The summed E-state index contributed by atoms with van der Waals surface area (Å²) in [4.78, 5) is 12.5. The van der Waals surface area contributed by atoms with Crippen LogP contribution in [-0.4, -0.2) is 23.2 Å². The minimum atomic E-state index is -0.257. The maximum Gasteiger partial charge on any atom is 0.261 e. The lowest BCUT2D eigenvalue weighted by Gasteiger charge is -2.11. The molecule has 0 radical (unpaired) electrons. The Hall–Kier alpha value is -2.73. The molecule has 0 aliphatic rings. The van der Waals surface area contributed by atoms with Crippen molar-refractivity contribution in [3.05, 3.63) is 70.7 Å². The smallest absolute Gasteiger partial charge is 0.261 e. The first kappa shape index (κ1) is 17.1. The Kier molecular flexibility index (Phi) is 5.40. The first-order valence-corrected chi connectivity index (χ1v) is 8.87. The highest BCUT2D eigenvalue weighted by molar-refractivity contribution is 7.15. The highest BCUT2D eigenvalue weighted by Gasteiger charge is 2.19. The number of methoxy groups -OCH3 is 1. The van der Waals surface area contributed by atoms with E-state index < -0.39 is 0 Å². The first-order chi connectivity index (χ1) is 12.2. The Morgan fingerprint density at radius 1 is 1.12 bits per heavy atom. The fraction of sp³-hybridized carbons (Fsp3) is 0.211. The number of hydrogen-bond donors (Lipinski definition) is 1. The van der Waals surface area contributed by atoms with Crippen LogP contribution in [0.25, 0.3) is 0 Å². The molecule has 1 aromatic heterocycles. The van der Waals surface area contributed by atoms with Gasteiger partial charge >= 0.3 is 0 Å². The number of para-hydroxylation sites is 1. The van der Waals surface area contributed by atoms with Crippen molar-refractivity contribution < 1.29 is 9.53 Å². The van der Waals surface area contributed by atoms with Crippen LogP contribution >= 0.6 is 11.3 Å². The molecule has 1 amide bonds. The van der Waals surface area contributed by atoms with Crippen molar-refractivity contribution in [1.82, 2.24) is 10.2 Å². The van der Waals surface area contributed by atoms with Crippen LogP contribution < -0.4 is 10.1 Å². The van der Waals surface area contributed by atoms with Crippen molar-refractivity contribution in [2.75, 3.05) is 12.4 Å². The van der Waals surface area contributed by atoms with Gasteiger partial charge in [0.2, 0.25) is 5.13 Å². The summed E-state index contributed by atoms with van der Waals surface area (Å²) in [5, 5.41) is 12.6. The highest BCUT2D eigenvalue weighted by Crippen LogP contribution is 2.31. The van der Waals surface area contributed by atoms with E-state index in [-0.39, 0.29) is 11.8 Å². The fourth-order valence-electron chi connectivity index (χ4n) is 2.66. The molecule has 128 valence electrons. The van der Waals surface area contributed by atoms with Gasteiger partial charge in [0.1, 0.15) is 10.8 Å². The minimum Gasteiger partial charge on any atom is -0.496 e. The number of benzene rings is 2. The lowest BCUT2D eigenvalue weighted by atomic mass is 9.97. The molecule has 0 bridgehead atoms. The van der Waals surface area contributed by atoms with Gasteiger partial charge in [-0.05, 0) is 24.1 Å². The number of amides is 1. The van der Waals surface area contributed by atoms with Crippen LogP contribution in [0, 0.1) is 0 Å². The van der Waals surface area contributed by atoms with Crippen molar-refractivity contribution in [2.45, 2.75) is 19.3 Å². The SMILES string of the molecule is CC[C@@H](c1ccccc1)c1nnc(NC(=O)c2ccccc2OC)s1. The molecular formula is C19H19N3O2S. The molecule has 1 heterocycles. The third kappa shape index (κ3) is 3.85. The topological polar surface area (TPSA) is 64.1 Å². The summed E-state index contributed by atoms with van der Waals surface area (Å²) in [5.74, 6) is 0.448. The van der Waals surface area contributed by atoms with Gasteiger partial charge in [-0.2, -0.15) is 0 Å². The van der Waals surface area contributed by atoms with Crippen LogP contribution in [-0.2, 0) is 0 Å². The van der Waals surface area contributed by atoms with E-state index in [1.807, 2.05) is 24.3 Å². The lowest BCUT2D eigenvalue weighted by Crippen LogP contribution is -2.12. The van der Waals surface area contributed by atoms with Crippen molar-refractivity contribution in [3.63, 3.8) is 0 Å². The molecule has 0 aliphatic heterocycles. The maximum absolute atomic E-state index is 12.5. The zero-order chi connectivity index (χ0) is 17.6. The van der Waals surface area contributed by atoms with E-state index in [1.54, 1.807) is 25.3 Å². The molecule has 0 aliphatic carbocycles. The summed E-state index contributed by atoms with van der Waals surface area (Å²) in [6, 6.07) is 17.3. The van der Waals surface area contributed by atoms with Gasteiger partial charge in [-0.15, -0.1) is 10.2 Å². The molecule has 25 heavy (non-hydrogen) atoms. The van der Waals surface area contributed by atoms with Crippen molar-refractivity contribution in [1.29, 1.82) is 0 Å². The molecule has 0 saturated heterocycles. The largest absolute Gasteiger partial charge is 0.496 e. The summed E-state index contributed by atoms with van der Waals surface area (Å²) >= 11 is 1.40. The quantitative estimate of drug-likeness (QED) is 0.716. The van der Waals surface area contributed by atoms with E-state index in [0.29, 0.717) is 16.4 Å². The molecule has 3 aromatic rings. The van der Waals surface area contributed by atoms with Crippen molar-refractivity contribution in [2.24, 2.45) is 0 Å². The van der Waals surface area contributed by atoms with E-state index in [0.717, 1.165) is 11.4 Å². The average molecular weight is 353 g/mol. The third-order valence-corrected chi connectivity index (χ3v) is 4.87. The van der Waals surface area contributed by atoms with Crippen LogP contribution in [0.15, 0.2) is 54.6 Å². The van der Waals surface area contributed by atoms with Gasteiger partial charge in [-0.3, -0.25) is 10.1 Å². The van der Waals surface area contributed by atoms with Gasteiger partial charge < -0.3 is 4.74 Å². The Labute approximate surface area is 150 Å². The van der Waals surface area contributed by atoms with Gasteiger partial charge in [0.05, 0.1) is 12.7 Å². The molecule has 1 atom stereocenters. The zero-order valence-electron chi connectivity index (χ0n) is 14.1. The Morgan fingerprint density at radius 3 is 2.56 bits per heavy atom. The van der Waals surface area contributed by atoms with Gasteiger partial charge in [-0.25, -0.2) is 0 Å². The van der Waals surface area contributed by atoms with Crippen LogP contribution in [0.2, 0.25) is 0 Å². The van der Waals surface area contributed by atoms with Crippen molar-refractivity contribution in [3.8, 4) is 5.75 Å². The number of anilines is 1. The number of nitrogens with one attached hydrogen (secondary N) is 1. The lowest BCUT2D eigenvalue weighted by molar-refractivity contribution is 0.102. The molecule has 0 saturated carbocycles. The second kappa shape index (κ2) is 7.90. The number of nitrogens with zero attached hydrogens (tertiary/aromatic N) is 2. The highest BCUT2D eigenvalue weighted by atomic mass is 32.1. The number of ether oxygens (including phenoxy) is 1. The molecular weight excluding hydrogens is 334 g/mol. The summed E-state index contributed by atoms with van der Waals surface area (Å²) in [5.41, 5.74) is 1.67. The van der Waals surface area contributed by atoms with Crippen LogP contribution in [0.3, 0.4) is 0 Å². The third-order valence-electron chi connectivity index (χ3n) is 3.92. The summed E-state index contributed by atoms with van der Waals surface area (Å²) < 4.78 is 5.23. The predicted octanol–water partition coefficient (Wildman–Crippen LogP) is 4.34. The van der Waals surface area contributed by atoms with E-state index in [1.165, 1.54) is 16.9 Å². The van der Waals surface area contributed by atoms with Crippen LogP contribution in [0.4, 0.5) is 5.13 Å². The van der Waals surface area contributed by atoms with Gasteiger partial charge in [0.25, 0.3) is 5.91 Å². The van der Waals surface area contributed by atoms with Gasteiger partial charge in [-0.1, -0.05) is 60.7 Å². The predicted molar refractivity (Wildman–Crippen MR) is 99.4 cm³/mol. The standard InChI is InChI=1S/C19H19N3O2S/c1-3-14(13-9-5-4-6-10-13)18-21-22-19(25-18)20-17(23)15-11-7-8-12-16(15)24-2/h4-12,14H,3H2,1-2H3,(H,20,22,23)/t14-/m0/s1. The molecule has 5 nitrogen and oxygen atoms in total. The second-order valence-electron chi connectivity index (χ2n) is 5.47. The zero-order valence-corrected chi connectivity index (χ0v) is 14.9. The monoisotopic (exact) mass is 353 g/mol. The molecule has 0 fully saturated rings. The molecule has 0 unspecified atom stereocenters. The Balaban J connectivity index is 1.78. The molecule has 6 heteroatoms. The molecule has 0 spiro atoms. The Bertz CT molecular complexity index is 849. The van der Waals surface area contributed by atoms with E-state index in [9.17, 15) is 4.79 Å².